The van der Waals surface area contributed by atoms with Crippen LogP contribution in [0.3, 0.4) is 0 Å². The van der Waals surface area contributed by atoms with Crippen LogP contribution in [0, 0.1) is 5.92 Å². The fourth-order valence-electron chi connectivity index (χ4n) is 7.31. The lowest BCUT2D eigenvalue weighted by Gasteiger charge is -2.44. The number of ether oxygens (including phenoxy) is 4. The van der Waals surface area contributed by atoms with Gasteiger partial charge in [0.1, 0.15) is 0 Å². The second kappa shape index (κ2) is 17.7. The largest absolute Gasteiger partial charge is 0.392 e. The Balaban J connectivity index is 1.12. The number of likely N-dealkylation sites (tertiary alicyclic amines) is 1. The number of carbonyl (C=O) groups excluding carboxylic acids is 2. The van der Waals surface area contributed by atoms with E-state index in [-0.39, 0.29) is 36.5 Å². The molecule has 4 atom stereocenters. The van der Waals surface area contributed by atoms with Crippen molar-refractivity contribution < 1.29 is 33.6 Å². The molecule has 3 heterocycles. The zero-order valence-corrected chi connectivity index (χ0v) is 30.0. The highest BCUT2D eigenvalue weighted by Crippen LogP contribution is 2.43. The van der Waals surface area contributed by atoms with E-state index in [1.807, 2.05) is 30.3 Å². The van der Waals surface area contributed by atoms with E-state index in [9.17, 15) is 14.7 Å². The number of amides is 2. The van der Waals surface area contributed by atoms with E-state index in [0.29, 0.717) is 32.7 Å². The number of aliphatic hydroxyl groups is 1. The van der Waals surface area contributed by atoms with Gasteiger partial charge in [0.05, 0.1) is 32.0 Å². The molecule has 3 aliphatic heterocycles. The highest BCUT2D eigenvalue weighted by Gasteiger charge is 2.43. The average molecular weight is 700 g/mol. The summed E-state index contributed by atoms with van der Waals surface area (Å²) in [5.41, 5.74) is 6.01. The first-order valence-electron chi connectivity index (χ1n) is 18.5. The molecule has 274 valence electrons. The molecule has 1 spiro atoms. The van der Waals surface area contributed by atoms with Crippen molar-refractivity contribution in [2.75, 3.05) is 39.4 Å². The number of hydrogen-bond donors (Lipinski definition) is 3. The van der Waals surface area contributed by atoms with Gasteiger partial charge < -0.3 is 39.6 Å². The molecule has 0 saturated carbocycles. The highest BCUT2D eigenvalue weighted by molar-refractivity contribution is 5.76. The Hall–Kier alpha value is -3.64. The van der Waals surface area contributed by atoms with Crippen molar-refractivity contribution in [2.24, 2.45) is 5.92 Å². The number of benzene rings is 3. The van der Waals surface area contributed by atoms with E-state index < -0.39 is 12.1 Å². The first-order chi connectivity index (χ1) is 24.8. The monoisotopic (exact) mass is 699 g/mol. The summed E-state index contributed by atoms with van der Waals surface area (Å²) in [5, 5.41) is 15.5. The van der Waals surface area contributed by atoms with Gasteiger partial charge in [0.15, 0.2) is 12.1 Å². The van der Waals surface area contributed by atoms with Gasteiger partial charge in [-0.25, -0.2) is 0 Å². The third-order valence-corrected chi connectivity index (χ3v) is 10.4. The molecule has 10 nitrogen and oxygen atoms in total. The first kappa shape index (κ1) is 37.1. The van der Waals surface area contributed by atoms with Crippen molar-refractivity contribution in [1.82, 2.24) is 15.5 Å². The van der Waals surface area contributed by atoms with Crippen LogP contribution in [0.5, 0.6) is 0 Å². The molecule has 3 aromatic rings. The molecule has 3 aliphatic rings. The fraction of sp³-hybridized carbons (Fsp3) is 0.512. The summed E-state index contributed by atoms with van der Waals surface area (Å²) in [4.78, 5) is 26.0. The maximum absolute atomic E-state index is 12.5. The van der Waals surface area contributed by atoms with E-state index in [4.69, 9.17) is 18.9 Å². The molecule has 0 bridgehead atoms. The zero-order chi connectivity index (χ0) is 35.6. The number of carbonyl (C=O) groups is 2. The van der Waals surface area contributed by atoms with Gasteiger partial charge in [-0.2, -0.15) is 0 Å². The van der Waals surface area contributed by atoms with E-state index >= 15 is 0 Å². The molecule has 51 heavy (non-hydrogen) atoms. The summed E-state index contributed by atoms with van der Waals surface area (Å²) in [5.74, 6) is -0.321. The number of nitrogens with one attached hydrogen (secondary N) is 2. The van der Waals surface area contributed by atoms with Gasteiger partial charge in [-0.1, -0.05) is 74.0 Å². The summed E-state index contributed by atoms with van der Waals surface area (Å²) in [7, 11) is 0. The average Bonchev–Trinajstić information content (AvgIpc) is 3.62. The standard InChI is InChI=1S/C41H53N3O7/c1-29-37(27-44-20-17-41(18-21-44)48-22-23-49-41)50-40(51-39(29)33-15-13-31(28-45)14-16-33)36-11-7-10-35(25-36)34-9-6-8-32(24-34)26-43-38(47)12-4-3-5-19-42-30(2)46/h6-11,13-16,24-25,29,37,39-40,45H,3-5,12,17-23,26-28H2,1-2H3,(H,42,46)(H,43,47). The summed E-state index contributed by atoms with van der Waals surface area (Å²) >= 11 is 0. The van der Waals surface area contributed by atoms with Gasteiger partial charge in [-0.3, -0.25) is 9.59 Å². The molecule has 2 amide bonds. The maximum Gasteiger partial charge on any atom is 0.220 e. The summed E-state index contributed by atoms with van der Waals surface area (Å²) in [6.45, 7) is 8.72. The molecule has 0 radical (unpaired) electrons. The van der Waals surface area contributed by atoms with Crippen molar-refractivity contribution in [1.29, 1.82) is 0 Å². The topological polar surface area (TPSA) is 119 Å². The number of nitrogens with zero attached hydrogens (tertiary/aromatic N) is 1. The van der Waals surface area contributed by atoms with Crippen molar-refractivity contribution in [3.05, 3.63) is 95.1 Å². The van der Waals surface area contributed by atoms with Crippen molar-refractivity contribution in [3.63, 3.8) is 0 Å². The van der Waals surface area contributed by atoms with Gasteiger partial charge in [-0.05, 0) is 52.8 Å². The molecule has 3 aromatic carbocycles. The Bertz CT molecular complexity index is 1580. The van der Waals surface area contributed by atoms with Crippen molar-refractivity contribution >= 4 is 11.8 Å². The maximum atomic E-state index is 12.5. The van der Waals surface area contributed by atoms with Gasteiger partial charge in [-0.15, -0.1) is 0 Å². The van der Waals surface area contributed by atoms with Crippen LogP contribution in [0.1, 0.15) is 87.0 Å². The van der Waals surface area contributed by atoms with Crippen LogP contribution in [0.2, 0.25) is 0 Å². The van der Waals surface area contributed by atoms with Crippen LogP contribution < -0.4 is 10.6 Å². The number of hydrogen-bond acceptors (Lipinski definition) is 8. The third-order valence-electron chi connectivity index (χ3n) is 10.4. The second-order valence-electron chi connectivity index (χ2n) is 14.1. The number of unbranched alkanes of at least 4 members (excludes halogenated alkanes) is 2. The minimum absolute atomic E-state index is 0.00207. The van der Waals surface area contributed by atoms with Crippen LogP contribution in [-0.2, 0) is 41.7 Å². The number of aliphatic hydroxyl groups excluding tert-OH is 1. The van der Waals surface area contributed by atoms with E-state index in [1.165, 1.54) is 6.92 Å². The molecule has 3 fully saturated rings. The Morgan fingerprint density at radius 3 is 2.29 bits per heavy atom. The predicted octanol–water partition coefficient (Wildman–Crippen LogP) is 5.79. The van der Waals surface area contributed by atoms with Crippen LogP contribution in [0.25, 0.3) is 11.1 Å². The molecule has 4 unspecified atom stereocenters. The second-order valence-corrected chi connectivity index (χ2v) is 14.1. The fourth-order valence-corrected chi connectivity index (χ4v) is 7.31. The summed E-state index contributed by atoms with van der Waals surface area (Å²) < 4.78 is 25.5. The third kappa shape index (κ3) is 10.0. The van der Waals surface area contributed by atoms with E-state index in [2.05, 4.69) is 64.9 Å². The lowest BCUT2D eigenvalue weighted by atomic mass is 9.89. The molecule has 10 heteroatoms. The first-order valence-corrected chi connectivity index (χ1v) is 18.5. The van der Waals surface area contributed by atoms with Gasteiger partial charge in [0.25, 0.3) is 0 Å². The molecule has 6 rings (SSSR count). The molecular formula is C41H53N3O7. The smallest absolute Gasteiger partial charge is 0.220 e. The lowest BCUT2D eigenvalue weighted by molar-refractivity contribution is -0.278. The predicted molar refractivity (Wildman–Crippen MR) is 194 cm³/mol. The van der Waals surface area contributed by atoms with E-state index in [1.54, 1.807) is 0 Å². The Morgan fingerprint density at radius 1 is 0.843 bits per heavy atom. The number of rotatable bonds is 14. The summed E-state index contributed by atoms with van der Waals surface area (Å²) in [6, 6.07) is 24.6. The highest BCUT2D eigenvalue weighted by atomic mass is 16.7. The molecule has 3 N–H and O–H groups in total. The minimum atomic E-state index is -0.563. The van der Waals surface area contributed by atoms with Crippen LogP contribution >= 0.6 is 0 Å². The SMILES string of the molecule is CC(=O)NCCCCCC(=O)NCc1cccc(-c2cccc(C3OC(CN4CCC5(CC4)OCCO5)C(C)C(c4ccc(CO)cc4)O3)c2)c1. The van der Waals surface area contributed by atoms with Crippen molar-refractivity contribution in [2.45, 2.75) is 89.8 Å². The van der Waals surface area contributed by atoms with Crippen molar-refractivity contribution in [3.8, 4) is 11.1 Å². The van der Waals surface area contributed by atoms with Gasteiger partial charge in [0.2, 0.25) is 11.8 Å². The summed E-state index contributed by atoms with van der Waals surface area (Å²) in [6.07, 6.45) is 3.91. The molecule has 3 saturated heterocycles. The minimum Gasteiger partial charge on any atom is -0.392 e. The normalized spacial score (nSPS) is 23.3. The molecule has 0 aromatic heterocycles. The van der Waals surface area contributed by atoms with E-state index in [0.717, 1.165) is 85.1 Å². The zero-order valence-electron chi connectivity index (χ0n) is 30.0. The molecule has 0 aliphatic carbocycles. The Morgan fingerprint density at radius 2 is 1.57 bits per heavy atom. The van der Waals surface area contributed by atoms with Gasteiger partial charge >= 0.3 is 0 Å². The van der Waals surface area contributed by atoms with Crippen LogP contribution in [0.15, 0.2) is 72.8 Å². The van der Waals surface area contributed by atoms with Gasteiger partial charge in [0, 0.05) is 70.4 Å². The quantitative estimate of drug-likeness (QED) is 0.181. The lowest BCUT2D eigenvalue weighted by Crippen LogP contribution is -2.50. The van der Waals surface area contributed by atoms with Crippen LogP contribution in [-0.4, -0.2) is 73.1 Å². The van der Waals surface area contributed by atoms with Crippen LogP contribution in [0.4, 0.5) is 0 Å². The molecular weight excluding hydrogens is 646 g/mol. The Labute approximate surface area is 301 Å². The number of piperidine rings is 1. The Kier molecular flexibility index (Phi) is 12.9.